The fourth-order valence-electron chi connectivity index (χ4n) is 2.67. The van der Waals surface area contributed by atoms with E-state index in [1.807, 2.05) is 7.05 Å². The lowest BCUT2D eigenvalue weighted by molar-refractivity contribution is -0.130. The minimum absolute atomic E-state index is 0. The van der Waals surface area contributed by atoms with E-state index < -0.39 is 0 Å². The molecule has 0 bridgehead atoms. The molecule has 0 saturated carbocycles. The molecule has 1 aliphatic rings. The summed E-state index contributed by atoms with van der Waals surface area (Å²) in [6, 6.07) is 5.66. The third-order valence-corrected chi connectivity index (χ3v) is 3.96. The van der Waals surface area contributed by atoms with Gasteiger partial charge in [0, 0.05) is 26.1 Å². The molecular weight excluding hydrogens is 304 g/mol. The highest BCUT2D eigenvalue weighted by molar-refractivity contribution is 5.85. The molecule has 0 aliphatic carbocycles. The number of phenolic OH excluding ortho intramolecular Hbond substituents is 1. The standard InChI is InChI=1S/C16H24N2O3.ClH/c1-18(16(20)8-6-13-4-3-9-17-13)11-12-5-7-14(19)15(10-12)21-2;/h5,7,10,13,17,19H,3-4,6,8-9,11H2,1-2H3;1H. The second-order valence-corrected chi connectivity index (χ2v) is 5.59. The molecule has 2 N–H and O–H groups in total. The van der Waals surface area contributed by atoms with Crippen molar-refractivity contribution in [1.82, 2.24) is 10.2 Å². The van der Waals surface area contributed by atoms with E-state index in [9.17, 15) is 9.90 Å². The Balaban J connectivity index is 0.00000242. The summed E-state index contributed by atoms with van der Waals surface area (Å²) in [4.78, 5) is 13.9. The number of amides is 1. The van der Waals surface area contributed by atoms with Gasteiger partial charge in [0.05, 0.1) is 7.11 Å². The predicted octanol–water partition coefficient (Wildman–Crippen LogP) is 2.31. The fourth-order valence-corrected chi connectivity index (χ4v) is 2.67. The molecule has 1 aromatic rings. The Kier molecular flexibility index (Phi) is 7.48. The summed E-state index contributed by atoms with van der Waals surface area (Å²) in [7, 11) is 3.33. The van der Waals surface area contributed by atoms with Crippen molar-refractivity contribution in [1.29, 1.82) is 0 Å². The van der Waals surface area contributed by atoms with Gasteiger partial charge in [0.1, 0.15) is 0 Å². The second kappa shape index (κ2) is 8.86. The maximum absolute atomic E-state index is 12.1. The molecule has 0 radical (unpaired) electrons. The number of nitrogens with one attached hydrogen (secondary N) is 1. The minimum Gasteiger partial charge on any atom is -0.504 e. The van der Waals surface area contributed by atoms with E-state index in [4.69, 9.17) is 4.74 Å². The molecule has 2 rings (SSSR count). The summed E-state index contributed by atoms with van der Waals surface area (Å²) in [6.07, 6.45) is 3.86. The third kappa shape index (κ3) is 5.07. The fraction of sp³-hybridized carbons (Fsp3) is 0.562. The van der Waals surface area contributed by atoms with Gasteiger partial charge in [-0.2, -0.15) is 0 Å². The number of methoxy groups -OCH3 is 1. The lowest BCUT2D eigenvalue weighted by atomic mass is 10.1. The average Bonchev–Trinajstić information content (AvgIpc) is 3.00. The zero-order valence-electron chi connectivity index (χ0n) is 13.2. The quantitative estimate of drug-likeness (QED) is 0.841. The Morgan fingerprint density at radius 3 is 2.91 bits per heavy atom. The minimum atomic E-state index is 0. The van der Waals surface area contributed by atoms with Crippen molar-refractivity contribution in [2.75, 3.05) is 20.7 Å². The molecule has 0 spiro atoms. The van der Waals surface area contributed by atoms with Gasteiger partial charge in [-0.15, -0.1) is 12.4 Å². The molecule has 1 atom stereocenters. The van der Waals surface area contributed by atoms with E-state index >= 15 is 0 Å². The molecule has 1 aromatic carbocycles. The normalized spacial score (nSPS) is 16.9. The van der Waals surface area contributed by atoms with Crippen molar-refractivity contribution in [3.05, 3.63) is 23.8 Å². The molecule has 1 unspecified atom stereocenters. The molecule has 1 amide bonds. The van der Waals surface area contributed by atoms with Crippen LogP contribution < -0.4 is 10.1 Å². The van der Waals surface area contributed by atoms with Crippen LogP contribution in [0.4, 0.5) is 0 Å². The van der Waals surface area contributed by atoms with Gasteiger partial charge < -0.3 is 20.1 Å². The molecule has 0 aromatic heterocycles. The molecular formula is C16H25ClN2O3. The summed E-state index contributed by atoms with van der Waals surface area (Å²) in [5, 5.41) is 13.0. The Bertz CT molecular complexity index is 490. The number of carbonyl (C=O) groups excluding carboxylic acids is 1. The van der Waals surface area contributed by atoms with Crippen molar-refractivity contribution < 1.29 is 14.6 Å². The van der Waals surface area contributed by atoms with Crippen LogP contribution in [0.3, 0.4) is 0 Å². The zero-order valence-corrected chi connectivity index (χ0v) is 14.0. The number of rotatable bonds is 6. The smallest absolute Gasteiger partial charge is 0.222 e. The summed E-state index contributed by atoms with van der Waals surface area (Å²) < 4.78 is 5.08. The monoisotopic (exact) mass is 328 g/mol. The van der Waals surface area contributed by atoms with Gasteiger partial charge in [0.2, 0.25) is 5.91 Å². The maximum Gasteiger partial charge on any atom is 0.222 e. The first-order valence-corrected chi connectivity index (χ1v) is 7.43. The molecule has 1 saturated heterocycles. The number of benzene rings is 1. The Morgan fingerprint density at radius 1 is 1.50 bits per heavy atom. The Morgan fingerprint density at radius 2 is 2.27 bits per heavy atom. The SMILES string of the molecule is COc1cc(CN(C)C(=O)CCC2CCCN2)ccc1O.Cl. The van der Waals surface area contributed by atoms with Gasteiger partial charge in [-0.05, 0) is 43.5 Å². The lowest BCUT2D eigenvalue weighted by Gasteiger charge is -2.19. The summed E-state index contributed by atoms with van der Waals surface area (Å²) in [6.45, 7) is 1.59. The van der Waals surface area contributed by atoms with Crippen LogP contribution in [0.25, 0.3) is 0 Å². The van der Waals surface area contributed by atoms with Crippen molar-refractivity contribution >= 4 is 18.3 Å². The van der Waals surface area contributed by atoms with Crippen LogP contribution in [0.1, 0.15) is 31.2 Å². The highest BCUT2D eigenvalue weighted by Crippen LogP contribution is 2.26. The van der Waals surface area contributed by atoms with Crippen LogP contribution in [-0.2, 0) is 11.3 Å². The first-order valence-electron chi connectivity index (χ1n) is 7.43. The zero-order chi connectivity index (χ0) is 15.2. The summed E-state index contributed by atoms with van der Waals surface area (Å²) in [5.74, 6) is 0.696. The summed E-state index contributed by atoms with van der Waals surface area (Å²) in [5.41, 5.74) is 0.944. The van der Waals surface area contributed by atoms with Crippen LogP contribution in [0, 0.1) is 0 Å². The maximum atomic E-state index is 12.1. The van der Waals surface area contributed by atoms with Gasteiger partial charge >= 0.3 is 0 Å². The van der Waals surface area contributed by atoms with E-state index in [0.29, 0.717) is 24.8 Å². The number of ether oxygens (including phenoxy) is 1. The molecule has 1 fully saturated rings. The number of carbonyl (C=O) groups is 1. The number of hydrogen-bond donors (Lipinski definition) is 2. The first-order chi connectivity index (χ1) is 10.1. The van der Waals surface area contributed by atoms with Gasteiger partial charge in [-0.3, -0.25) is 4.79 Å². The van der Waals surface area contributed by atoms with Crippen molar-refractivity contribution in [2.24, 2.45) is 0 Å². The predicted molar refractivity (Wildman–Crippen MR) is 88.6 cm³/mol. The highest BCUT2D eigenvalue weighted by Gasteiger charge is 2.17. The van der Waals surface area contributed by atoms with E-state index in [1.165, 1.54) is 20.0 Å². The van der Waals surface area contributed by atoms with Crippen LogP contribution in [0.2, 0.25) is 0 Å². The van der Waals surface area contributed by atoms with E-state index in [1.54, 1.807) is 23.1 Å². The number of aromatic hydroxyl groups is 1. The molecule has 1 heterocycles. The van der Waals surface area contributed by atoms with Gasteiger partial charge in [0.15, 0.2) is 11.5 Å². The number of nitrogens with zero attached hydrogens (tertiary/aromatic N) is 1. The third-order valence-electron chi connectivity index (χ3n) is 3.96. The van der Waals surface area contributed by atoms with Gasteiger partial charge in [0.25, 0.3) is 0 Å². The van der Waals surface area contributed by atoms with E-state index in [0.717, 1.165) is 18.5 Å². The molecule has 124 valence electrons. The topological polar surface area (TPSA) is 61.8 Å². The number of hydrogen-bond acceptors (Lipinski definition) is 4. The number of halogens is 1. The largest absolute Gasteiger partial charge is 0.504 e. The van der Waals surface area contributed by atoms with Crippen LogP contribution >= 0.6 is 12.4 Å². The van der Waals surface area contributed by atoms with E-state index in [-0.39, 0.29) is 24.1 Å². The lowest BCUT2D eigenvalue weighted by Crippen LogP contribution is -2.29. The first kappa shape index (κ1) is 18.6. The van der Waals surface area contributed by atoms with Gasteiger partial charge in [-0.1, -0.05) is 6.07 Å². The molecule has 22 heavy (non-hydrogen) atoms. The van der Waals surface area contributed by atoms with Crippen LogP contribution in [0.5, 0.6) is 11.5 Å². The molecule has 6 heteroatoms. The highest BCUT2D eigenvalue weighted by atomic mass is 35.5. The Hall–Kier alpha value is -1.46. The van der Waals surface area contributed by atoms with E-state index in [2.05, 4.69) is 5.32 Å². The van der Waals surface area contributed by atoms with Crippen LogP contribution in [0.15, 0.2) is 18.2 Å². The van der Waals surface area contributed by atoms with Crippen molar-refractivity contribution in [2.45, 2.75) is 38.3 Å². The second-order valence-electron chi connectivity index (χ2n) is 5.59. The molecule has 1 aliphatic heterocycles. The van der Waals surface area contributed by atoms with Crippen LogP contribution in [-0.4, -0.2) is 42.7 Å². The Labute approximate surface area is 138 Å². The van der Waals surface area contributed by atoms with Crippen molar-refractivity contribution in [3.8, 4) is 11.5 Å². The van der Waals surface area contributed by atoms with Gasteiger partial charge in [-0.25, -0.2) is 0 Å². The number of phenols is 1. The molecule has 5 nitrogen and oxygen atoms in total. The average molecular weight is 329 g/mol. The summed E-state index contributed by atoms with van der Waals surface area (Å²) >= 11 is 0. The van der Waals surface area contributed by atoms with Crippen molar-refractivity contribution in [3.63, 3.8) is 0 Å².